The van der Waals surface area contributed by atoms with Crippen molar-refractivity contribution in [1.29, 1.82) is 0 Å². The lowest BCUT2D eigenvalue weighted by molar-refractivity contribution is 0.161. The van der Waals surface area contributed by atoms with Crippen molar-refractivity contribution in [3.63, 3.8) is 0 Å². The summed E-state index contributed by atoms with van der Waals surface area (Å²) in [6.45, 7) is 4.80. The van der Waals surface area contributed by atoms with Crippen LogP contribution in [-0.2, 0) is 13.0 Å². The van der Waals surface area contributed by atoms with Crippen LogP contribution in [0.3, 0.4) is 0 Å². The van der Waals surface area contributed by atoms with Crippen molar-refractivity contribution in [1.82, 2.24) is 19.7 Å². The summed E-state index contributed by atoms with van der Waals surface area (Å²) in [5, 5.41) is 17.1. The fraction of sp³-hybridized carbons (Fsp3) is 0.545. The van der Waals surface area contributed by atoms with Gasteiger partial charge in [0.05, 0.1) is 5.01 Å². The van der Waals surface area contributed by atoms with Crippen molar-refractivity contribution in [2.24, 2.45) is 0 Å². The number of nitrogens with zero attached hydrogens (tertiary/aromatic N) is 4. The number of aliphatic hydroxyl groups is 1. The number of thiazole rings is 1. The summed E-state index contributed by atoms with van der Waals surface area (Å²) in [4.78, 5) is 8.45. The lowest BCUT2D eigenvalue weighted by atomic mass is 10.2. The highest BCUT2D eigenvalue weighted by atomic mass is 32.1. The summed E-state index contributed by atoms with van der Waals surface area (Å²) in [7, 11) is 0. The Morgan fingerprint density at radius 1 is 1.53 bits per heavy atom. The molecule has 0 fully saturated rings. The molecule has 1 N–H and O–H groups in total. The Balaban J connectivity index is 2.08. The van der Waals surface area contributed by atoms with Crippen LogP contribution in [0, 0.1) is 6.92 Å². The van der Waals surface area contributed by atoms with E-state index in [-0.39, 0.29) is 0 Å². The van der Waals surface area contributed by atoms with E-state index in [9.17, 15) is 5.11 Å². The maximum Gasteiger partial charge on any atom is 0.156 e. The summed E-state index contributed by atoms with van der Waals surface area (Å²) < 4.78 is 1.76. The maximum atomic E-state index is 10.1. The average molecular weight is 252 g/mol. The van der Waals surface area contributed by atoms with E-state index in [0.717, 1.165) is 23.7 Å². The number of aliphatic hydroxyl groups excluding tert-OH is 1. The van der Waals surface area contributed by atoms with Gasteiger partial charge in [-0.3, -0.25) is 0 Å². The Hall–Kier alpha value is -1.27. The smallest absolute Gasteiger partial charge is 0.156 e. The molecule has 2 rings (SSSR count). The van der Waals surface area contributed by atoms with Gasteiger partial charge in [0.1, 0.15) is 12.4 Å². The van der Waals surface area contributed by atoms with Crippen LogP contribution in [0.5, 0.6) is 0 Å². The van der Waals surface area contributed by atoms with Gasteiger partial charge >= 0.3 is 0 Å². The molecule has 0 aromatic carbocycles. The predicted molar refractivity (Wildman–Crippen MR) is 65.8 cm³/mol. The van der Waals surface area contributed by atoms with Gasteiger partial charge in [-0.2, -0.15) is 5.10 Å². The van der Waals surface area contributed by atoms with E-state index in [1.165, 1.54) is 6.33 Å². The molecule has 0 spiro atoms. The predicted octanol–water partition coefficient (Wildman–Crippen LogP) is 1.73. The first-order chi connectivity index (χ1) is 8.20. The van der Waals surface area contributed by atoms with E-state index in [1.807, 2.05) is 12.3 Å². The Bertz CT molecular complexity index is 479. The van der Waals surface area contributed by atoms with E-state index in [0.29, 0.717) is 12.2 Å². The number of hydrogen-bond donors (Lipinski definition) is 1. The van der Waals surface area contributed by atoms with Crippen molar-refractivity contribution in [3.8, 4) is 0 Å². The lowest BCUT2D eigenvalue weighted by Crippen LogP contribution is -2.12. The standard InChI is InChI=1S/C11H16N4OS/c1-3-4-15-11(12-7-13-15)9(16)5-10-14-8(2)6-17-10/h6-7,9,16H,3-5H2,1-2H3. The minimum Gasteiger partial charge on any atom is -0.385 e. The zero-order valence-electron chi connectivity index (χ0n) is 10.00. The number of aromatic nitrogens is 4. The second kappa shape index (κ2) is 5.37. The molecule has 6 heteroatoms. The Labute approximate surface area is 104 Å². The Morgan fingerprint density at radius 2 is 2.35 bits per heavy atom. The highest BCUT2D eigenvalue weighted by Crippen LogP contribution is 2.19. The second-order valence-corrected chi connectivity index (χ2v) is 4.89. The molecule has 0 radical (unpaired) electrons. The molecule has 0 aliphatic rings. The lowest BCUT2D eigenvalue weighted by Gasteiger charge is -2.09. The van der Waals surface area contributed by atoms with E-state index >= 15 is 0 Å². The van der Waals surface area contributed by atoms with Crippen molar-refractivity contribution in [2.75, 3.05) is 0 Å². The molecule has 0 aliphatic carbocycles. The number of aryl methyl sites for hydroxylation is 2. The molecule has 0 saturated carbocycles. The minimum atomic E-state index is -0.630. The van der Waals surface area contributed by atoms with Crippen LogP contribution in [0.1, 0.15) is 36.0 Å². The minimum absolute atomic E-state index is 0.501. The van der Waals surface area contributed by atoms with E-state index < -0.39 is 6.10 Å². The summed E-state index contributed by atoms with van der Waals surface area (Å²) in [5.74, 6) is 0.625. The zero-order chi connectivity index (χ0) is 12.3. The third-order valence-electron chi connectivity index (χ3n) is 2.41. The van der Waals surface area contributed by atoms with Crippen LogP contribution < -0.4 is 0 Å². The van der Waals surface area contributed by atoms with Crippen LogP contribution in [0.15, 0.2) is 11.7 Å². The molecule has 0 aliphatic heterocycles. The Kier molecular flexibility index (Phi) is 3.86. The molecule has 5 nitrogen and oxygen atoms in total. The van der Waals surface area contributed by atoms with Gasteiger partial charge < -0.3 is 5.11 Å². The molecule has 2 aromatic rings. The van der Waals surface area contributed by atoms with Crippen LogP contribution in [0.25, 0.3) is 0 Å². The number of rotatable bonds is 5. The zero-order valence-corrected chi connectivity index (χ0v) is 10.8. The summed E-state index contributed by atoms with van der Waals surface area (Å²) in [5.41, 5.74) is 0.993. The number of hydrogen-bond acceptors (Lipinski definition) is 5. The van der Waals surface area contributed by atoms with Gasteiger partial charge in [-0.1, -0.05) is 6.92 Å². The van der Waals surface area contributed by atoms with E-state index in [4.69, 9.17) is 0 Å². The van der Waals surface area contributed by atoms with Gasteiger partial charge in [0, 0.05) is 24.0 Å². The fourth-order valence-electron chi connectivity index (χ4n) is 1.67. The largest absolute Gasteiger partial charge is 0.385 e. The first-order valence-electron chi connectivity index (χ1n) is 5.67. The van der Waals surface area contributed by atoms with Crippen LogP contribution in [0.2, 0.25) is 0 Å². The van der Waals surface area contributed by atoms with Crippen molar-refractivity contribution in [3.05, 3.63) is 28.2 Å². The van der Waals surface area contributed by atoms with Gasteiger partial charge in [-0.15, -0.1) is 11.3 Å². The molecule has 1 atom stereocenters. The SMILES string of the molecule is CCCn1ncnc1C(O)Cc1nc(C)cs1. The van der Waals surface area contributed by atoms with Gasteiger partial charge in [0.2, 0.25) is 0 Å². The maximum absolute atomic E-state index is 10.1. The van der Waals surface area contributed by atoms with Gasteiger partial charge in [-0.05, 0) is 13.3 Å². The quantitative estimate of drug-likeness (QED) is 0.880. The first kappa shape index (κ1) is 12.2. The molecule has 92 valence electrons. The van der Waals surface area contributed by atoms with E-state index in [1.54, 1.807) is 16.0 Å². The molecule has 2 aromatic heterocycles. The van der Waals surface area contributed by atoms with Crippen LogP contribution in [-0.4, -0.2) is 24.9 Å². The topological polar surface area (TPSA) is 63.8 Å². The fourth-order valence-corrected chi connectivity index (χ4v) is 2.48. The van der Waals surface area contributed by atoms with Gasteiger partial charge in [0.15, 0.2) is 5.82 Å². The second-order valence-electron chi connectivity index (χ2n) is 3.94. The van der Waals surface area contributed by atoms with Gasteiger partial charge in [0.25, 0.3) is 0 Å². The summed E-state index contributed by atoms with van der Waals surface area (Å²) in [6.07, 6.45) is 2.33. The summed E-state index contributed by atoms with van der Waals surface area (Å²) >= 11 is 1.57. The monoisotopic (exact) mass is 252 g/mol. The third-order valence-corrected chi connectivity index (χ3v) is 3.40. The molecule has 17 heavy (non-hydrogen) atoms. The molecular formula is C11H16N4OS. The highest BCUT2D eigenvalue weighted by molar-refractivity contribution is 7.09. The third kappa shape index (κ3) is 2.89. The van der Waals surface area contributed by atoms with Gasteiger partial charge in [-0.25, -0.2) is 14.6 Å². The van der Waals surface area contributed by atoms with Crippen molar-refractivity contribution in [2.45, 2.75) is 39.3 Å². The van der Waals surface area contributed by atoms with E-state index in [2.05, 4.69) is 22.0 Å². The molecule has 2 heterocycles. The molecule has 0 bridgehead atoms. The average Bonchev–Trinajstić information content (AvgIpc) is 2.88. The van der Waals surface area contributed by atoms with Crippen LogP contribution in [0.4, 0.5) is 0 Å². The van der Waals surface area contributed by atoms with Crippen LogP contribution >= 0.6 is 11.3 Å². The summed E-state index contributed by atoms with van der Waals surface area (Å²) in [6, 6.07) is 0. The highest BCUT2D eigenvalue weighted by Gasteiger charge is 2.16. The molecular weight excluding hydrogens is 236 g/mol. The van der Waals surface area contributed by atoms with Crippen molar-refractivity contribution < 1.29 is 5.11 Å². The normalized spacial score (nSPS) is 12.9. The molecule has 0 amide bonds. The first-order valence-corrected chi connectivity index (χ1v) is 6.55. The Morgan fingerprint density at radius 3 is 3.00 bits per heavy atom. The molecule has 1 unspecified atom stereocenters. The molecule has 0 saturated heterocycles. The van der Waals surface area contributed by atoms with Crippen molar-refractivity contribution >= 4 is 11.3 Å².